The molecule has 3 saturated carbocycles. The van der Waals surface area contributed by atoms with Crippen molar-refractivity contribution in [2.45, 2.75) is 122 Å². The van der Waals surface area contributed by atoms with Crippen LogP contribution in [0.15, 0.2) is 54.9 Å². The molecule has 3 amide bonds. The first-order chi connectivity index (χ1) is 26.3. The Kier molecular flexibility index (Phi) is 11.5. The Morgan fingerprint density at radius 2 is 1.62 bits per heavy atom. The molecule has 7 rings (SSSR count). The molecule has 3 aliphatic carbocycles. The number of benzene rings is 2. The third kappa shape index (κ3) is 9.30. The predicted octanol–water partition coefficient (Wildman–Crippen LogP) is 8.76. The number of anilines is 1. The third-order valence-corrected chi connectivity index (χ3v) is 12.1. The Hall–Kier alpha value is -4.54. The average Bonchev–Trinajstić information content (AvgIpc) is 3.88. The van der Waals surface area contributed by atoms with Crippen molar-refractivity contribution >= 4 is 23.8 Å². The maximum Gasteiger partial charge on any atom is 0.410 e. The van der Waals surface area contributed by atoms with Crippen LogP contribution in [0.5, 0.6) is 5.75 Å². The van der Waals surface area contributed by atoms with Gasteiger partial charge in [0.1, 0.15) is 17.5 Å². The highest BCUT2D eigenvalue weighted by atomic mass is 16.6. The Morgan fingerprint density at radius 3 is 2.27 bits per heavy atom. The molecule has 2 aromatic carbocycles. The highest BCUT2D eigenvalue weighted by Gasteiger charge is 2.40. The van der Waals surface area contributed by atoms with Crippen LogP contribution in [0.4, 0.5) is 15.3 Å². The molecule has 0 atom stereocenters. The van der Waals surface area contributed by atoms with Crippen LogP contribution < -0.4 is 9.64 Å². The van der Waals surface area contributed by atoms with Crippen molar-refractivity contribution in [2.75, 3.05) is 38.7 Å². The topological polar surface area (TPSA) is 106 Å². The standard InChI is InChI=1S/C44H59N5O6/c1-29-22-34(16-21-40(29)53-6)31-12-10-30(11-13-31)25-48(37-9-7-8-33(23-37)35-24-45-49(26-35)36-17-18-36)41(50)32-14-19-39(20-15-32)54-43(52)47-27-38(28-47)46(5)42(51)55-44(2,3)4/h7-9,16,21-24,26,30-32,36,38-39H,10-15,17-20,25,27-28H2,1-6H3/t30-,31-,32-,39-. The number of likely N-dealkylation sites (tertiary alicyclic amines) is 1. The van der Waals surface area contributed by atoms with Gasteiger partial charge in [-0.25, -0.2) is 9.59 Å². The second kappa shape index (κ2) is 16.3. The molecule has 0 unspecified atom stereocenters. The van der Waals surface area contributed by atoms with Gasteiger partial charge >= 0.3 is 12.2 Å². The zero-order valence-electron chi connectivity index (χ0n) is 33.5. The van der Waals surface area contributed by atoms with E-state index in [0.29, 0.717) is 63.2 Å². The molecule has 0 spiro atoms. The summed E-state index contributed by atoms with van der Waals surface area (Å²) in [6.45, 7) is 9.15. The van der Waals surface area contributed by atoms with E-state index >= 15 is 0 Å². The molecular formula is C44H59N5O6. The van der Waals surface area contributed by atoms with Gasteiger partial charge in [-0.3, -0.25) is 9.48 Å². The molecule has 296 valence electrons. The molecule has 0 radical (unpaired) electrons. The lowest BCUT2D eigenvalue weighted by atomic mass is 9.78. The van der Waals surface area contributed by atoms with Crippen LogP contribution in [0.1, 0.15) is 108 Å². The van der Waals surface area contributed by atoms with Crippen molar-refractivity contribution in [3.63, 3.8) is 0 Å². The highest BCUT2D eigenvalue weighted by molar-refractivity contribution is 5.95. The van der Waals surface area contributed by atoms with Crippen LogP contribution in [0.2, 0.25) is 0 Å². The first-order valence-corrected chi connectivity index (χ1v) is 20.4. The number of carbonyl (C=O) groups excluding carboxylic acids is 3. The van der Waals surface area contributed by atoms with Crippen molar-refractivity contribution in [1.82, 2.24) is 19.6 Å². The zero-order valence-corrected chi connectivity index (χ0v) is 33.5. The van der Waals surface area contributed by atoms with Crippen molar-refractivity contribution in [3.05, 3.63) is 66.0 Å². The minimum Gasteiger partial charge on any atom is -0.496 e. The number of carbonyl (C=O) groups is 3. The Bertz CT molecular complexity index is 1830. The minimum absolute atomic E-state index is 0.101. The van der Waals surface area contributed by atoms with Gasteiger partial charge in [0, 0.05) is 50.0 Å². The van der Waals surface area contributed by atoms with Gasteiger partial charge in [0.15, 0.2) is 0 Å². The van der Waals surface area contributed by atoms with Gasteiger partial charge in [0.2, 0.25) is 5.91 Å². The van der Waals surface area contributed by atoms with Crippen LogP contribution in [0.3, 0.4) is 0 Å². The average molecular weight is 754 g/mol. The number of methoxy groups -OCH3 is 1. The Labute approximate surface area is 326 Å². The summed E-state index contributed by atoms with van der Waals surface area (Å²) in [5, 5.41) is 4.63. The minimum atomic E-state index is -0.577. The lowest BCUT2D eigenvalue weighted by Gasteiger charge is -2.43. The summed E-state index contributed by atoms with van der Waals surface area (Å²) in [7, 11) is 3.42. The van der Waals surface area contributed by atoms with Crippen LogP contribution in [0.25, 0.3) is 11.1 Å². The monoisotopic (exact) mass is 753 g/mol. The molecule has 1 saturated heterocycles. The highest BCUT2D eigenvalue weighted by Crippen LogP contribution is 2.40. The van der Waals surface area contributed by atoms with Crippen molar-refractivity contribution < 1.29 is 28.6 Å². The second-order valence-electron chi connectivity index (χ2n) is 17.4. The van der Waals surface area contributed by atoms with E-state index in [1.54, 1.807) is 24.0 Å². The van der Waals surface area contributed by atoms with E-state index in [4.69, 9.17) is 14.2 Å². The van der Waals surface area contributed by atoms with Gasteiger partial charge in [-0.1, -0.05) is 24.3 Å². The summed E-state index contributed by atoms with van der Waals surface area (Å²) in [5.41, 5.74) is 5.05. The summed E-state index contributed by atoms with van der Waals surface area (Å²) in [5.74, 6) is 1.88. The number of hydrogen-bond donors (Lipinski definition) is 0. The van der Waals surface area contributed by atoms with Crippen LogP contribution in [-0.2, 0) is 14.3 Å². The van der Waals surface area contributed by atoms with E-state index in [2.05, 4.69) is 70.3 Å². The number of hydrogen-bond acceptors (Lipinski definition) is 7. The van der Waals surface area contributed by atoms with Crippen molar-refractivity contribution in [2.24, 2.45) is 11.8 Å². The van der Waals surface area contributed by atoms with Gasteiger partial charge in [-0.05, 0) is 139 Å². The molecule has 55 heavy (non-hydrogen) atoms. The van der Waals surface area contributed by atoms with Crippen molar-refractivity contribution in [3.8, 4) is 16.9 Å². The molecule has 0 bridgehead atoms. The summed E-state index contributed by atoms with van der Waals surface area (Å²) in [4.78, 5) is 45.3. The van der Waals surface area contributed by atoms with E-state index in [0.717, 1.165) is 48.2 Å². The van der Waals surface area contributed by atoms with E-state index in [1.807, 2.05) is 27.0 Å². The number of amides is 3. The maximum absolute atomic E-state index is 14.6. The molecule has 11 heteroatoms. The van der Waals surface area contributed by atoms with E-state index < -0.39 is 11.7 Å². The Morgan fingerprint density at radius 1 is 0.891 bits per heavy atom. The van der Waals surface area contributed by atoms with Crippen LogP contribution >= 0.6 is 0 Å². The summed E-state index contributed by atoms with van der Waals surface area (Å²) >= 11 is 0. The number of likely N-dealkylation sites (N-methyl/N-ethyl adjacent to an activating group) is 1. The summed E-state index contributed by atoms with van der Waals surface area (Å²) in [6.07, 6.45) is 12.4. The molecule has 2 heterocycles. The lowest BCUT2D eigenvalue weighted by Crippen LogP contribution is -2.62. The maximum atomic E-state index is 14.6. The number of rotatable bonds is 10. The Balaban J connectivity index is 0.974. The number of nitrogens with zero attached hydrogens (tertiary/aromatic N) is 5. The molecule has 3 aromatic rings. The van der Waals surface area contributed by atoms with E-state index in [9.17, 15) is 14.4 Å². The molecule has 4 aliphatic rings. The molecule has 1 aromatic heterocycles. The van der Waals surface area contributed by atoms with Gasteiger partial charge in [-0.2, -0.15) is 5.10 Å². The second-order valence-corrected chi connectivity index (χ2v) is 17.4. The summed E-state index contributed by atoms with van der Waals surface area (Å²) in [6, 6.07) is 15.4. The molecule has 11 nitrogen and oxygen atoms in total. The van der Waals surface area contributed by atoms with Gasteiger partial charge < -0.3 is 28.9 Å². The molecule has 4 fully saturated rings. The lowest BCUT2D eigenvalue weighted by molar-refractivity contribution is -0.124. The first kappa shape index (κ1) is 38.7. The predicted molar refractivity (Wildman–Crippen MR) is 212 cm³/mol. The largest absolute Gasteiger partial charge is 0.496 e. The fraction of sp³-hybridized carbons (Fsp3) is 0.591. The fourth-order valence-corrected chi connectivity index (χ4v) is 8.49. The molecule has 1 aliphatic heterocycles. The van der Waals surface area contributed by atoms with Crippen molar-refractivity contribution in [1.29, 1.82) is 0 Å². The molecule has 0 N–H and O–H groups in total. The smallest absolute Gasteiger partial charge is 0.410 e. The number of aromatic nitrogens is 2. The zero-order chi connectivity index (χ0) is 38.9. The normalized spacial score (nSPS) is 23.1. The fourth-order valence-electron chi connectivity index (χ4n) is 8.49. The van der Waals surface area contributed by atoms with E-state index in [1.165, 1.54) is 24.0 Å². The number of aryl methyl sites for hydroxylation is 1. The van der Waals surface area contributed by atoms with Gasteiger partial charge in [0.25, 0.3) is 0 Å². The quantitative estimate of drug-likeness (QED) is 0.204. The molecular weight excluding hydrogens is 695 g/mol. The SMILES string of the molecule is COc1ccc([C@H]2CC[C@H](CN(c3cccc(-c4cnn(C5CC5)c4)c3)C(=O)[C@H]3CC[C@H](OC(=O)N4CC(N(C)C(=O)OC(C)(C)C)C4)CC3)CC2)cc1C. The van der Waals surface area contributed by atoms with Gasteiger partial charge in [-0.15, -0.1) is 0 Å². The van der Waals surface area contributed by atoms with E-state index in [-0.39, 0.29) is 30.1 Å². The summed E-state index contributed by atoms with van der Waals surface area (Å²) < 4.78 is 19.0. The van der Waals surface area contributed by atoms with Gasteiger partial charge in [0.05, 0.1) is 25.4 Å². The first-order valence-electron chi connectivity index (χ1n) is 20.4. The van der Waals surface area contributed by atoms with Crippen LogP contribution in [0, 0.1) is 18.8 Å². The third-order valence-electron chi connectivity index (χ3n) is 12.1. The number of ether oxygens (including phenoxy) is 3. The van der Waals surface area contributed by atoms with Crippen LogP contribution in [-0.4, -0.2) is 89.2 Å².